The molecule has 0 radical (unpaired) electrons. The predicted octanol–water partition coefficient (Wildman–Crippen LogP) is 1.74. The van der Waals surface area contributed by atoms with Crippen LogP contribution in [0.15, 0.2) is 16.2 Å². The lowest BCUT2D eigenvalue weighted by atomic mass is 10.1. The van der Waals surface area contributed by atoms with Crippen LogP contribution in [0.1, 0.15) is 11.3 Å². The molecule has 0 aliphatic rings. The summed E-state index contributed by atoms with van der Waals surface area (Å²) in [7, 11) is 1.64. The van der Waals surface area contributed by atoms with Crippen LogP contribution in [0.5, 0.6) is 0 Å². The molecule has 2 rings (SSSR count). The molecule has 0 saturated heterocycles. The molecule has 0 aliphatic heterocycles. The minimum atomic E-state index is -0.373. The van der Waals surface area contributed by atoms with Gasteiger partial charge in [0.05, 0.1) is 12.3 Å². The summed E-state index contributed by atoms with van der Waals surface area (Å²) in [4.78, 5) is 18.6. The Hall–Kier alpha value is -2.17. The fourth-order valence-electron chi connectivity index (χ4n) is 1.71. The summed E-state index contributed by atoms with van der Waals surface area (Å²) >= 11 is 1.47. The summed E-state index contributed by atoms with van der Waals surface area (Å²) in [6, 6.07) is 3.45. The van der Waals surface area contributed by atoms with E-state index in [4.69, 9.17) is 10.00 Å². The van der Waals surface area contributed by atoms with Crippen LogP contribution in [0, 0.1) is 18.3 Å². The summed E-state index contributed by atoms with van der Waals surface area (Å²) in [5, 5.41) is 14.7. The summed E-state index contributed by atoms with van der Waals surface area (Å²) in [6.45, 7) is 3.07. The molecular formula is C13H14N4O2S. The zero-order valence-electron chi connectivity index (χ0n) is 11.2. The molecule has 0 saturated carbocycles. The SMILES string of the molecule is COCCNc1nc(-c2cc(C#N)c(=O)[nH]c2C)cs1. The lowest BCUT2D eigenvalue weighted by molar-refractivity contribution is 0.211. The van der Waals surface area contributed by atoms with Gasteiger partial charge in [-0.05, 0) is 13.0 Å². The molecule has 0 spiro atoms. The van der Waals surface area contributed by atoms with Crippen molar-refractivity contribution in [2.24, 2.45) is 0 Å². The summed E-state index contributed by atoms with van der Waals surface area (Å²) in [5.74, 6) is 0. The highest BCUT2D eigenvalue weighted by molar-refractivity contribution is 7.14. The molecule has 2 aromatic rings. The van der Waals surface area contributed by atoms with Crippen molar-refractivity contribution < 1.29 is 4.74 Å². The van der Waals surface area contributed by atoms with Gasteiger partial charge >= 0.3 is 0 Å². The van der Waals surface area contributed by atoms with Crippen LogP contribution < -0.4 is 10.9 Å². The first-order valence-electron chi connectivity index (χ1n) is 5.98. The van der Waals surface area contributed by atoms with E-state index < -0.39 is 0 Å². The number of pyridine rings is 1. The molecule has 0 amide bonds. The maximum Gasteiger partial charge on any atom is 0.266 e. The first-order chi connectivity index (χ1) is 9.65. The smallest absolute Gasteiger partial charge is 0.266 e. The van der Waals surface area contributed by atoms with E-state index in [2.05, 4.69) is 15.3 Å². The fraction of sp³-hybridized carbons (Fsp3) is 0.308. The Bertz CT molecular complexity index is 699. The van der Waals surface area contributed by atoms with Crippen molar-refractivity contribution in [1.82, 2.24) is 9.97 Å². The average Bonchev–Trinajstić information content (AvgIpc) is 2.88. The molecule has 0 fully saturated rings. The quantitative estimate of drug-likeness (QED) is 0.818. The Kier molecular flexibility index (Phi) is 4.50. The van der Waals surface area contributed by atoms with Crippen molar-refractivity contribution in [3.63, 3.8) is 0 Å². The van der Waals surface area contributed by atoms with Gasteiger partial charge in [0.1, 0.15) is 11.6 Å². The Morgan fingerprint density at radius 1 is 1.60 bits per heavy atom. The molecule has 0 unspecified atom stereocenters. The highest BCUT2D eigenvalue weighted by atomic mass is 32.1. The average molecular weight is 290 g/mol. The van der Waals surface area contributed by atoms with Crippen molar-refractivity contribution in [2.45, 2.75) is 6.92 Å². The number of hydrogen-bond donors (Lipinski definition) is 2. The van der Waals surface area contributed by atoms with E-state index in [-0.39, 0.29) is 11.1 Å². The lowest BCUT2D eigenvalue weighted by Gasteiger charge is -2.03. The van der Waals surface area contributed by atoms with Crippen molar-refractivity contribution in [1.29, 1.82) is 5.26 Å². The second-order valence-electron chi connectivity index (χ2n) is 4.12. The first-order valence-corrected chi connectivity index (χ1v) is 6.86. The lowest BCUT2D eigenvalue weighted by Crippen LogP contribution is -2.12. The van der Waals surface area contributed by atoms with Crippen LogP contribution in [0.25, 0.3) is 11.3 Å². The van der Waals surface area contributed by atoms with Crippen molar-refractivity contribution in [3.05, 3.63) is 33.1 Å². The van der Waals surface area contributed by atoms with Crippen LogP contribution >= 0.6 is 11.3 Å². The third-order valence-corrected chi connectivity index (χ3v) is 3.52. The number of nitriles is 1. The van der Waals surface area contributed by atoms with Gasteiger partial charge in [-0.15, -0.1) is 11.3 Å². The van der Waals surface area contributed by atoms with Crippen molar-refractivity contribution >= 4 is 16.5 Å². The van der Waals surface area contributed by atoms with Crippen molar-refractivity contribution in [3.8, 4) is 17.3 Å². The van der Waals surface area contributed by atoms with Gasteiger partial charge in [0.2, 0.25) is 0 Å². The number of methoxy groups -OCH3 is 1. The minimum absolute atomic E-state index is 0.0903. The molecule has 0 bridgehead atoms. The molecule has 0 aliphatic carbocycles. The number of thiazole rings is 1. The van der Waals surface area contributed by atoms with E-state index in [0.717, 1.165) is 16.4 Å². The molecule has 104 valence electrons. The van der Waals surface area contributed by atoms with Gasteiger partial charge in [-0.2, -0.15) is 5.26 Å². The molecule has 2 heterocycles. The normalized spacial score (nSPS) is 10.2. The third kappa shape index (κ3) is 3.04. The number of nitrogens with one attached hydrogen (secondary N) is 2. The maximum atomic E-state index is 11.5. The highest BCUT2D eigenvalue weighted by Crippen LogP contribution is 2.26. The molecular weight excluding hydrogens is 276 g/mol. The van der Waals surface area contributed by atoms with E-state index >= 15 is 0 Å². The Balaban J connectivity index is 2.28. The molecule has 0 atom stereocenters. The van der Waals surface area contributed by atoms with Gasteiger partial charge in [-0.25, -0.2) is 4.98 Å². The van der Waals surface area contributed by atoms with E-state index in [1.165, 1.54) is 11.3 Å². The summed E-state index contributed by atoms with van der Waals surface area (Å²) < 4.78 is 4.96. The number of aromatic amines is 1. The van der Waals surface area contributed by atoms with Gasteiger partial charge in [0.25, 0.3) is 5.56 Å². The number of nitrogens with zero attached hydrogens (tertiary/aromatic N) is 2. The molecule has 0 aromatic carbocycles. The van der Waals surface area contributed by atoms with Gasteiger partial charge < -0.3 is 15.0 Å². The van der Waals surface area contributed by atoms with Crippen LogP contribution in [-0.2, 0) is 4.74 Å². The largest absolute Gasteiger partial charge is 0.383 e. The zero-order chi connectivity index (χ0) is 14.5. The van der Waals surface area contributed by atoms with E-state index in [1.807, 2.05) is 11.4 Å². The topological polar surface area (TPSA) is 90.8 Å². The third-order valence-electron chi connectivity index (χ3n) is 2.72. The van der Waals surface area contributed by atoms with Crippen LogP contribution in [0.2, 0.25) is 0 Å². The predicted molar refractivity (Wildman–Crippen MR) is 78.0 cm³/mol. The Morgan fingerprint density at radius 2 is 2.40 bits per heavy atom. The monoisotopic (exact) mass is 290 g/mol. The molecule has 2 aromatic heterocycles. The molecule has 7 heteroatoms. The van der Waals surface area contributed by atoms with Gasteiger partial charge in [-0.3, -0.25) is 4.79 Å². The number of rotatable bonds is 5. The zero-order valence-corrected chi connectivity index (χ0v) is 12.0. The fourth-order valence-corrected chi connectivity index (χ4v) is 2.45. The van der Waals surface area contributed by atoms with Gasteiger partial charge in [-0.1, -0.05) is 0 Å². The second-order valence-corrected chi connectivity index (χ2v) is 4.98. The molecule has 2 N–H and O–H groups in total. The molecule has 20 heavy (non-hydrogen) atoms. The van der Waals surface area contributed by atoms with Gasteiger partial charge in [0, 0.05) is 30.3 Å². The van der Waals surface area contributed by atoms with E-state index in [1.54, 1.807) is 20.1 Å². The number of hydrogen-bond acceptors (Lipinski definition) is 6. The number of aryl methyl sites for hydroxylation is 1. The standard InChI is InChI=1S/C13H14N4O2S/c1-8-10(5-9(6-14)12(18)16-8)11-7-20-13(17-11)15-3-4-19-2/h5,7H,3-4H2,1-2H3,(H,15,17)(H,16,18). The first kappa shape index (κ1) is 14.2. The van der Waals surface area contributed by atoms with E-state index in [0.29, 0.717) is 18.8 Å². The van der Waals surface area contributed by atoms with E-state index in [9.17, 15) is 4.79 Å². The van der Waals surface area contributed by atoms with Crippen LogP contribution in [0.3, 0.4) is 0 Å². The van der Waals surface area contributed by atoms with Crippen LogP contribution in [0.4, 0.5) is 5.13 Å². The number of anilines is 1. The number of aromatic nitrogens is 2. The second kappa shape index (κ2) is 6.32. The molecule has 6 nitrogen and oxygen atoms in total. The highest BCUT2D eigenvalue weighted by Gasteiger charge is 2.10. The minimum Gasteiger partial charge on any atom is -0.383 e. The van der Waals surface area contributed by atoms with Crippen molar-refractivity contribution in [2.75, 3.05) is 25.6 Å². The van der Waals surface area contributed by atoms with Gasteiger partial charge in [0.15, 0.2) is 5.13 Å². The Morgan fingerprint density at radius 3 is 3.10 bits per heavy atom. The number of ether oxygens (including phenoxy) is 1. The van der Waals surface area contributed by atoms with Crippen LogP contribution in [-0.4, -0.2) is 30.2 Å². The number of H-pyrrole nitrogens is 1. The summed E-state index contributed by atoms with van der Waals surface area (Å²) in [6.07, 6.45) is 0. The summed E-state index contributed by atoms with van der Waals surface area (Å²) in [5.41, 5.74) is 1.91. The Labute approximate surface area is 120 Å². The maximum absolute atomic E-state index is 11.5.